The van der Waals surface area contributed by atoms with Crippen LogP contribution in [0.15, 0.2) is 28.7 Å². The van der Waals surface area contributed by atoms with Crippen LogP contribution in [0.25, 0.3) is 10.9 Å². The third kappa shape index (κ3) is 3.78. The van der Waals surface area contributed by atoms with Gasteiger partial charge in [-0.05, 0) is 63.0 Å². The molecule has 0 unspecified atom stereocenters. The molecule has 1 aromatic carbocycles. The molecule has 24 heavy (non-hydrogen) atoms. The van der Waals surface area contributed by atoms with Gasteiger partial charge in [-0.3, -0.25) is 9.78 Å². The molecule has 4 nitrogen and oxygen atoms in total. The van der Waals surface area contributed by atoms with Gasteiger partial charge in [0.15, 0.2) is 0 Å². The lowest BCUT2D eigenvalue weighted by Gasteiger charge is -2.32. The average Bonchev–Trinajstić information content (AvgIpc) is 2.59. The van der Waals surface area contributed by atoms with Crippen LogP contribution in [-0.2, 0) is 0 Å². The Bertz CT molecular complexity index is 739. The fourth-order valence-electron chi connectivity index (χ4n) is 3.37. The lowest BCUT2D eigenvalue weighted by atomic mass is 9.96. The Labute approximate surface area is 151 Å². The molecule has 0 spiro atoms. The smallest absolute Gasteiger partial charge is 0.254 e. The van der Waals surface area contributed by atoms with Crippen molar-refractivity contribution in [3.8, 4) is 0 Å². The Morgan fingerprint density at radius 3 is 2.79 bits per heavy atom. The molecule has 5 heteroatoms. The van der Waals surface area contributed by atoms with Gasteiger partial charge in [-0.15, -0.1) is 0 Å². The normalized spacial score (nSPS) is 15.9. The van der Waals surface area contributed by atoms with Gasteiger partial charge in [0.05, 0.1) is 11.1 Å². The molecule has 1 N–H and O–H groups in total. The highest BCUT2D eigenvalue weighted by molar-refractivity contribution is 9.10. The second-order valence-electron chi connectivity index (χ2n) is 6.52. The number of benzene rings is 1. The molecule has 1 saturated heterocycles. The molecule has 2 heterocycles. The standard InChI is InChI=1S/C19H24BrN3O/c1-3-21-12-14-6-8-23(9-7-14)19(24)17-10-13(2)22-18-5-4-15(20)11-16(17)18/h4-5,10-11,14,21H,3,6-9,12H2,1-2H3. The number of likely N-dealkylation sites (tertiary alicyclic amines) is 1. The highest BCUT2D eigenvalue weighted by Crippen LogP contribution is 2.25. The number of hydrogen-bond acceptors (Lipinski definition) is 3. The van der Waals surface area contributed by atoms with Crippen molar-refractivity contribution in [2.75, 3.05) is 26.2 Å². The number of amides is 1. The molecule has 1 aliphatic rings. The molecule has 1 aliphatic heterocycles. The summed E-state index contributed by atoms with van der Waals surface area (Å²) in [5, 5.41) is 4.34. The Morgan fingerprint density at radius 2 is 2.08 bits per heavy atom. The first kappa shape index (κ1) is 17.4. The van der Waals surface area contributed by atoms with Gasteiger partial charge in [0.25, 0.3) is 5.91 Å². The van der Waals surface area contributed by atoms with Gasteiger partial charge in [-0.25, -0.2) is 0 Å². The lowest BCUT2D eigenvalue weighted by Crippen LogP contribution is -2.40. The van der Waals surface area contributed by atoms with Crippen molar-refractivity contribution in [1.29, 1.82) is 0 Å². The number of aromatic nitrogens is 1. The highest BCUT2D eigenvalue weighted by atomic mass is 79.9. The topological polar surface area (TPSA) is 45.2 Å². The number of carbonyl (C=O) groups is 1. The molecule has 0 bridgehead atoms. The summed E-state index contributed by atoms with van der Waals surface area (Å²) in [6.45, 7) is 7.82. The number of aryl methyl sites for hydroxylation is 1. The second kappa shape index (κ2) is 7.62. The van der Waals surface area contributed by atoms with Crippen LogP contribution in [0, 0.1) is 12.8 Å². The zero-order valence-corrected chi connectivity index (χ0v) is 15.9. The van der Waals surface area contributed by atoms with E-state index in [0.717, 1.165) is 65.7 Å². The first-order valence-corrected chi connectivity index (χ1v) is 9.44. The summed E-state index contributed by atoms with van der Waals surface area (Å²) in [4.78, 5) is 19.6. The van der Waals surface area contributed by atoms with E-state index >= 15 is 0 Å². The number of fused-ring (bicyclic) bond motifs is 1. The number of rotatable bonds is 4. The van der Waals surface area contributed by atoms with E-state index in [2.05, 4.69) is 33.2 Å². The summed E-state index contributed by atoms with van der Waals surface area (Å²) < 4.78 is 0.971. The van der Waals surface area contributed by atoms with Crippen LogP contribution >= 0.6 is 15.9 Å². The minimum absolute atomic E-state index is 0.130. The molecule has 0 saturated carbocycles. The predicted molar refractivity (Wildman–Crippen MR) is 101 cm³/mol. The molecule has 128 valence electrons. The number of nitrogens with one attached hydrogen (secondary N) is 1. The number of halogens is 1. The summed E-state index contributed by atoms with van der Waals surface area (Å²) >= 11 is 3.50. The summed E-state index contributed by atoms with van der Waals surface area (Å²) in [5.41, 5.74) is 2.53. The van der Waals surface area contributed by atoms with E-state index in [0.29, 0.717) is 5.92 Å². The van der Waals surface area contributed by atoms with Crippen LogP contribution in [-0.4, -0.2) is 42.0 Å². The van der Waals surface area contributed by atoms with Gasteiger partial charge in [-0.1, -0.05) is 22.9 Å². The van der Waals surface area contributed by atoms with E-state index in [1.54, 1.807) is 0 Å². The molecular formula is C19H24BrN3O. The van der Waals surface area contributed by atoms with Gasteiger partial charge in [0.2, 0.25) is 0 Å². The third-order valence-electron chi connectivity index (χ3n) is 4.71. The number of hydrogen-bond donors (Lipinski definition) is 1. The summed E-state index contributed by atoms with van der Waals surface area (Å²) in [7, 11) is 0. The molecule has 2 aromatic rings. The van der Waals surface area contributed by atoms with E-state index in [1.807, 2.05) is 36.1 Å². The zero-order chi connectivity index (χ0) is 17.1. The SMILES string of the molecule is CCNCC1CCN(C(=O)c2cc(C)nc3ccc(Br)cc23)CC1. The molecule has 0 aliphatic carbocycles. The number of nitrogens with zero attached hydrogens (tertiary/aromatic N) is 2. The van der Waals surface area contributed by atoms with Crippen LogP contribution < -0.4 is 5.32 Å². The maximum absolute atomic E-state index is 13.1. The van der Waals surface area contributed by atoms with E-state index in [1.165, 1.54) is 0 Å². The fraction of sp³-hybridized carbons (Fsp3) is 0.474. The number of pyridine rings is 1. The van der Waals surface area contributed by atoms with Crippen LogP contribution in [0.1, 0.15) is 35.8 Å². The molecule has 1 amide bonds. The summed E-state index contributed by atoms with van der Waals surface area (Å²) in [6.07, 6.45) is 2.15. The molecule has 0 atom stereocenters. The summed E-state index contributed by atoms with van der Waals surface area (Å²) in [6, 6.07) is 7.84. The number of piperidine rings is 1. The van der Waals surface area contributed by atoms with Crippen molar-refractivity contribution < 1.29 is 4.79 Å². The zero-order valence-electron chi connectivity index (χ0n) is 14.3. The van der Waals surface area contributed by atoms with Gasteiger partial charge < -0.3 is 10.2 Å². The van der Waals surface area contributed by atoms with Gasteiger partial charge in [0.1, 0.15) is 0 Å². The molecular weight excluding hydrogens is 366 g/mol. The molecule has 1 aromatic heterocycles. The Kier molecular flexibility index (Phi) is 5.51. The first-order valence-electron chi connectivity index (χ1n) is 8.65. The van der Waals surface area contributed by atoms with E-state index in [4.69, 9.17) is 0 Å². The van der Waals surface area contributed by atoms with Crippen LogP contribution in [0.5, 0.6) is 0 Å². The minimum Gasteiger partial charge on any atom is -0.339 e. The van der Waals surface area contributed by atoms with E-state index < -0.39 is 0 Å². The Hall–Kier alpha value is -1.46. The monoisotopic (exact) mass is 389 g/mol. The third-order valence-corrected chi connectivity index (χ3v) is 5.21. The van der Waals surface area contributed by atoms with E-state index in [-0.39, 0.29) is 5.91 Å². The Morgan fingerprint density at radius 1 is 1.33 bits per heavy atom. The van der Waals surface area contributed by atoms with Crippen LogP contribution in [0.2, 0.25) is 0 Å². The van der Waals surface area contributed by atoms with Crippen LogP contribution in [0.4, 0.5) is 0 Å². The van der Waals surface area contributed by atoms with Crippen molar-refractivity contribution in [2.45, 2.75) is 26.7 Å². The van der Waals surface area contributed by atoms with Gasteiger partial charge >= 0.3 is 0 Å². The first-order chi connectivity index (χ1) is 11.6. The van der Waals surface area contributed by atoms with Crippen molar-refractivity contribution in [1.82, 2.24) is 15.2 Å². The van der Waals surface area contributed by atoms with Gasteiger partial charge in [0, 0.05) is 28.6 Å². The average molecular weight is 390 g/mol. The van der Waals surface area contributed by atoms with Crippen LogP contribution in [0.3, 0.4) is 0 Å². The maximum atomic E-state index is 13.1. The van der Waals surface area contributed by atoms with Crippen molar-refractivity contribution in [2.24, 2.45) is 5.92 Å². The Balaban J connectivity index is 1.81. The van der Waals surface area contributed by atoms with E-state index in [9.17, 15) is 4.79 Å². The molecule has 0 radical (unpaired) electrons. The second-order valence-corrected chi connectivity index (χ2v) is 7.43. The van der Waals surface area contributed by atoms with Gasteiger partial charge in [-0.2, -0.15) is 0 Å². The quantitative estimate of drug-likeness (QED) is 0.865. The van der Waals surface area contributed by atoms with Crippen molar-refractivity contribution in [3.63, 3.8) is 0 Å². The maximum Gasteiger partial charge on any atom is 0.254 e. The molecule has 1 fully saturated rings. The number of carbonyl (C=O) groups excluding carboxylic acids is 1. The largest absolute Gasteiger partial charge is 0.339 e. The highest BCUT2D eigenvalue weighted by Gasteiger charge is 2.24. The van der Waals surface area contributed by atoms with Crippen molar-refractivity contribution >= 4 is 32.7 Å². The predicted octanol–water partition coefficient (Wildman–Crippen LogP) is 3.77. The minimum atomic E-state index is 0.130. The fourth-order valence-corrected chi connectivity index (χ4v) is 3.73. The lowest BCUT2D eigenvalue weighted by molar-refractivity contribution is 0.0692. The molecule has 3 rings (SSSR count). The summed E-state index contributed by atoms with van der Waals surface area (Å²) in [5.74, 6) is 0.810. The van der Waals surface area contributed by atoms with Crippen molar-refractivity contribution in [3.05, 3.63) is 40.0 Å².